The molecule has 0 radical (unpaired) electrons. The summed E-state index contributed by atoms with van der Waals surface area (Å²) >= 11 is 1.86. The number of nitrogens with zero attached hydrogens (tertiary/aromatic N) is 2. The lowest BCUT2D eigenvalue weighted by molar-refractivity contribution is 0.0229. The zero-order valence-electron chi connectivity index (χ0n) is 27.0. The summed E-state index contributed by atoms with van der Waals surface area (Å²) in [4.78, 5) is 7.52. The van der Waals surface area contributed by atoms with Crippen LogP contribution in [0.3, 0.4) is 0 Å². The van der Waals surface area contributed by atoms with Crippen molar-refractivity contribution in [1.82, 2.24) is 30.6 Å². The van der Waals surface area contributed by atoms with Gasteiger partial charge in [0.15, 0.2) is 0 Å². The number of pyridine rings is 1. The first-order valence-corrected chi connectivity index (χ1v) is 17.9. The van der Waals surface area contributed by atoms with E-state index in [0.29, 0.717) is 41.6 Å². The third-order valence-corrected chi connectivity index (χ3v) is 11.1. The first-order valence-electron chi connectivity index (χ1n) is 17.0. The molecule has 4 aliphatic rings. The first kappa shape index (κ1) is 32.2. The van der Waals surface area contributed by atoms with Crippen molar-refractivity contribution in [1.29, 1.82) is 0 Å². The molecule has 4 aliphatic heterocycles. The summed E-state index contributed by atoms with van der Waals surface area (Å²) in [5, 5.41) is 12.3. The highest BCUT2D eigenvalue weighted by molar-refractivity contribution is 7.98. The van der Waals surface area contributed by atoms with Gasteiger partial charge in [-0.25, -0.2) is 4.39 Å². The molecule has 6 rings (SSSR count). The Morgan fingerprint density at radius 3 is 2.70 bits per heavy atom. The summed E-state index contributed by atoms with van der Waals surface area (Å²) in [7, 11) is 0. The molecule has 1 aromatic carbocycles. The molecule has 0 spiro atoms. The molecule has 9 heteroatoms. The Morgan fingerprint density at radius 2 is 1.89 bits per heavy atom. The number of hydrogen-bond donors (Lipinski definition) is 4. The summed E-state index contributed by atoms with van der Waals surface area (Å²) in [6.45, 7) is 11.7. The summed E-state index contributed by atoms with van der Waals surface area (Å²) < 4.78 is 24.6. The predicted octanol–water partition coefficient (Wildman–Crippen LogP) is 6.51. The fraction of sp³-hybridized carbons (Fsp3) is 0.686. The van der Waals surface area contributed by atoms with E-state index in [4.69, 9.17) is 9.72 Å². The predicted molar refractivity (Wildman–Crippen MR) is 178 cm³/mol. The minimum absolute atomic E-state index is 0.0755. The smallest absolute Gasteiger partial charge is 0.127 e. The van der Waals surface area contributed by atoms with Gasteiger partial charge in [0.1, 0.15) is 11.6 Å². The number of fused-ring (bicyclic) bond motifs is 6. The first-order chi connectivity index (χ1) is 21.2. The Bertz CT molecular complexity index is 1220. The standard InChI is InChI=1S/C35H53FN6OS/c1-23(2)22-43-28-17-26(16-27(36)18-28)29-14-12-25-20-38-44-33-10-7-9-32(41-33)39-31(30-8-5-6-15-37-30)13-11-24-19-35(3,4)42(21-24)34(25)40-29/h5-6,8,15-18,23-25,29,31-34,38-41H,7,9-14,19-22H2,1-4H3/t24-,25?,29?,31?,32?,33?,34?/m0/s1. The van der Waals surface area contributed by atoms with Crippen LogP contribution in [-0.2, 0) is 0 Å². The molecule has 1 aromatic heterocycles. The van der Waals surface area contributed by atoms with Crippen molar-refractivity contribution >= 4 is 11.9 Å². The lowest BCUT2D eigenvalue weighted by Gasteiger charge is -2.47. The van der Waals surface area contributed by atoms with E-state index < -0.39 is 0 Å². The van der Waals surface area contributed by atoms with E-state index in [1.165, 1.54) is 31.7 Å². The maximum absolute atomic E-state index is 14.8. The molecule has 44 heavy (non-hydrogen) atoms. The highest BCUT2D eigenvalue weighted by atomic mass is 32.2. The van der Waals surface area contributed by atoms with Crippen LogP contribution in [0.1, 0.15) is 102 Å². The Balaban J connectivity index is 1.24. The third-order valence-electron chi connectivity index (χ3n) is 10.1. The number of piperidine rings is 2. The van der Waals surface area contributed by atoms with Crippen LogP contribution in [-0.4, -0.2) is 52.8 Å². The van der Waals surface area contributed by atoms with Gasteiger partial charge in [-0.05, 0) is 107 Å². The maximum atomic E-state index is 14.8. The average Bonchev–Trinajstić information content (AvgIpc) is 3.31. The molecule has 2 aromatic rings. The van der Waals surface area contributed by atoms with Crippen LogP contribution in [0.25, 0.3) is 0 Å². The zero-order chi connectivity index (χ0) is 30.7. The molecule has 5 heterocycles. The highest BCUT2D eigenvalue weighted by Crippen LogP contribution is 2.42. The van der Waals surface area contributed by atoms with Crippen molar-refractivity contribution in [2.24, 2.45) is 17.8 Å². The Kier molecular flexibility index (Phi) is 10.5. The summed E-state index contributed by atoms with van der Waals surface area (Å²) in [5.74, 6) is 1.89. The van der Waals surface area contributed by atoms with Crippen LogP contribution in [0.15, 0.2) is 42.6 Å². The molecule has 4 fully saturated rings. The summed E-state index contributed by atoms with van der Waals surface area (Å²) in [6.07, 6.45) is 11.5. The van der Waals surface area contributed by atoms with E-state index in [1.54, 1.807) is 6.07 Å². The second-order valence-corrected chi connectivity index (χ2v) is 15.7. The van der Waals surface area contributed by atoms with E-state index in [9.17, 15) is 4.39 Å². The quantitative estimate of drug-likeness (QED) is 0.281. The summed E-state index contributed by atoms with van der Waals surface area (Å²) in [5.41, 5.74) is 2.21. The van der Waals surface area contributed by atoms with Crippen LogP contribution in [0.5, 0.6) is 5.75 Å². The van der Waals surface area contributed by atoms with Gasteiger partial charge in [-0.1, -0.05) is 31.9 Å². The van der Waals surface area contributed by atoms with Crippen molar-refractivity contribution in [3.05, 3.63) is 59.7 Å². The fourth-order valence-corrected chi connectivity index (χ4v) is 8.96. The molecule has 0 aliphatic carbocycles. The fourth-order valence-electron chi connectivity index (χ4n) is 7.94. The largest absolute Gasteiger partial charge is 0.493 e. The molecule has 0 amide bonds. The number of hydrogen-bond acceptors (Lipinski definition) is 8. The maximum Gasteiger partial charge on any atom is 0.127 e. The van der Waals surface area contributed by atoms with Gasteiger partial charge in [0, 0.05) is 42.9 Å². The Labute approximate surface area is 268 Å². The number of aromatic nitrogens is 1. The molecule has 8 atom stereocenters. The van der Waals surface area contributed by atoms with Gasteiger partial charge in [0.25, 0.3) is 0 Å². The van der Waals surface area contributed by atoms with Gasteiger partial charge in [-0.15, -0.1) is 0 Å². The number of halogens is 1. The SMILES string of the molecule is CC(C)COc1cc(F)cc(C2CCC3CNSC4CCCC(N4)NC(c4ccccn4)CC[C@@H]4CN(C3N2)C(C)(C)C4)c1. The van der Waals surface area contributed by atoms with Gasteiger partial charge in [-0.2, -0.15) is 0 Å². The topological polar surface area (TPSA) is 73.5 Å². The number of ether oxygens (including phenoxy) is 1. The molecule has 4 saturated heterocycles. The zero-order valence-corrected chi connectivity index (χ0v) is 27.8. The van der Waals surface area contributed by atoms with Gasteiger partial charge in [0.2, 0.25) is 0 Å². The van der Waals surface area contributed by atoms with Gasteiger partial charge in [0.05, 0.1) is 36.0 Å². The van der Waals surface area contributed by atoms with Crippen LogP contribution in [0.2, 0.25) is 0 Å². The van der Waals surface area contributed by atoms with Crippen molar-refractivity contribution in [3.8, 4) is 5.75 Å². The summed E-state index contributed by atoms with van der Waals surface area (Å²) in [6, 6.07) is 11.9. The van der Waals surface area contributed by atoms with E-state index in [1.807, 2.05) is 24.2 Å². The second-order valence-electron chi connectivity index (χ2n) is 14.6. The lowest BCUT2D eigenvalue weighted by atomic mass is 9.86. The molecule has 7 unspecified atom stereocenters. The minimum atomic E-state index is -0.221. The molecular formula is C35H53FN6OS. The van der Waals surface area contributed by atoms with Gasteiger partial charge < -0.3 is 4.74 Å². The van der Waals surface area contributed by atoms with Crippen LogP contribution in [0.4, 0.5) is 4.39 Å². The van der Waals surface area contributed by atoms with E-state index in [0.717, 1.165) is 50.0 Å². The molecule has 7 nitrogen and oxygen atoms in total. The van der Waals surface area contributed by atoms with Crippen LogP contribution < -0.4 is 25.4 Å². The van der Waals surface area contributed by atoms with Gasteiger partial charge in [-0.3, -0.25) is 30.6 Å². The minimum Gasteiger partial charge on any atom is -0.493 e. The number of benzene rings is 1. The molecule has 0 saturated carbocycles. The van der Waals surface area contributed by atoms with E-state index in [-0.39, 0.29) is 29.6 Å². The van der Waals surface area contributed by atoms with Crippen molar-refractivity contribution in [2.45, 2.75) is 114 Å². The lowest BCUT2D eigenvalue weighted by Crippen LogP contribution is -2.60. The molecular weight excluding hydrogens is 571 g/mol. The van der Waals surface area contributed by atoms with Crippen LogP contribution in [0, 0.1) is 23.6 Å². The Morgan fingerprint density at radius 1 is 1.02 bits per heavy atom. The Hall–Kier alpha value is -1.75. The van der Waals surface area contributed by atoms with Crippen molar-refractivity contribution in [3.63, 3.8) is 0 Å². The van der Waals surface area contributed by atoms with E-state index in [2.05, 4.69) is 71.5 Å². The van der Waals surface area contributed by atoms with Crippen LogP contribution >= 0.6 is 11.9 Å². The second kappa shape index (κ2) is 14.3. The van der Waals surface area contributed by atoms with E-state index >= 15 is 0 Å². The van der Waals surface area contributed by atoms with Gasteiger partial charge >= 0.3 is 0 Å². The number of nitrogens with one attached hydrogen (secondary N) is 4. The molecule has 4 N–H and O–H groups in total. The normalized spacial score (nSPS) is 34.5. The average molecular weight is 625 g/mol. The molecule has 4 bridgehead atoms. The third kappa shape index (κ3) is 7.96. The monoisotopic (exact) mass is 624 g/mol. The molecule has 242 valence electrons. The number of rotatable bonds is 5. The van der Waals surface area contributed by atoms with Crippen molar-refractivity contribution in [2.75, 3.05) is 19.7 Å². The highest BCUT2D eigenvalue weighted by Gasteiger charge is 2.46. The van der Waals surface area contributed by atoms with Crippen molar-refractivity contribution < 1.29 is 9.13 Å².